The summed E-state index contributed by atoms with van der Waals surface area (Å²) in [6, 6.07) is 11.4. The highest BCUT2D eigenvalue weighted by molar-refractivity contribution is 7.22. The molecule has 1 aliphatic carbocycles. The van der Waals surface area contributed by atoms with E-state index in [4.69, 9.17) is 9.97 Å². The highest BCUT2D eigenvalue weighted by atomic mass is 32.1. The second-order valence-electron chi connectivity index (χ2n) is 8.94. The van der Waals surface area contributed by atoms with Crippen molar-refractivity contribution >= 4 is 33.3 Å². The van der Waals surface area contributed by atoms with Crippen molar-refractivity contribution in [1.82, 2.24) is 9.97 Å². The SMILES string of the molecule is Cc1ccc(-c2cc3nc(NC(C)(C)C)nc(NC4CCCCC4)c3s2)cc1. The Balaban J connectivity index is 1.75. The molecule has 1 saturated carbocycles. The maximum Gasteiger partial charge on any atom is 0.225 e. The van der Waals surface area contributed by atoms with Gasteiger partial charge in [-0.05, 0) is 52.2 Å². The molecule has 0 amide bonds. The number of nitrogens with zero attached hydrogens (tertiary/aromatic N) is 2. The Morgan fingerprint density at radius 3 is 2.39 bits per heavy atom. The van der Waals surface area contributed by atoms with Crippen molar-refractivity contribution in [2.45, 2.75) is 71.4 Å². The van der Waals surface area contributed by atoms with Crippen LogP contribution in [0.5, 0.6) is 0 Å². The highest BCUT2D eigenvalue weighted by Gasteiger charge is 2.20. The van der Waals surface area contributed by atoms with E-state index in [0.29, 0.717) is 12.0 Å². The first-order chi connectivity index (χ1) is 13.4. The Kier molecular flexibility index (Phi) is 5.28. The van der Waals surface area contributed by atoms with Crippen molar-refractivity contribution in [3.8, 4) is 10.4 Å². The minimum absolute atomic E-state index is 0.0778. The number of aromatic nitrogens is 2. The summed E-state index contributed by atoms with van der Waals surface area (Å²) in [6.45, 7) is 8.54. The minimum Gasteiger partial charge on any atom is -0.366 e. The van der Waals surface area contributed by atoms with Gasteiger partial charge in [0.25, 0.3) is 0 Å². The van der Waals surface area contributed by atoms with Gasteiger partial charge in [0.15, 0.2) is 0 Å². The molecule has 0 spiro atoms. The van der Waals surface area contributed by atoms with Crippen molar-refractivity contribution in [1.29, 1.82) is 0 Å². The smallest absolute Gasteiger partial charge is 0.225 e. The van der Waals surface area contributed by atoms with Crippen LogP contribution in [0.1, 0.15) is 58.4 Å². The van der Waals surface area contributed by atoms with Gasteiger partial charge in [0.1, 0.15) is 5.82 Å². The molecule has 2 N–H and O–H groups in total. The molecular formula is C23H30N4S. The van der Waals surface area contributed by atoms with Crippen molar-refractivity contribution < 1.29 is 0 Å². The molecular weight excluding hydrogens is 364 g/mol. The van der Waals surface area contributed by atoms with E-state index in [1.54, 1.807) is 11.3 Å². The first-order valence-corrected chi connectivity index (χ1v) is 11.1. The van der Waals surface area contributed by atoms with Crippen molar-refractivity contribution in [2.24, 2.45) is 0 Å². The van der Waals surface area contributed by atoms with Crippen LogP contribution in [0.25, 0.3) is 20.7 Å². The second kappa shape index (κ2) is 7.70. The molecule has 1 aromatic carbocycles. The molecule has 5 heteroatoms. The molecule has 3 aromatic rings. The summed E-state index contributed by atoms with van der Waals surface area (Å²) in [5.74, 6) is 1.68. The summed E-state index contributed by atoms with van der Waals surface area (Å²) in [5.41, 5.74) is 3.45. The molecule has 0 unspecified atom stereocenters. The lowest BCUT2D eigenvalue weighted by atomic mass is 9.95. The molecule has 0 aliphatic heterocycles. The zero-order chi connectivity index (χ0) is 19.7. The molecule has 1 fully saturated rings. The Bertz CT molecular complexity index is 947. The lowest BCUT2D eigenvalue weighted by molar-refractivity contribution is 0.462. The third kappa shape index (κ3) is 4.46. The van der Waals surface area contributed by atoms with E-state index < -0.39 is 0 Å². The molecule has 28 heavy (non-hydrogen) atoms. The van der Waals surface area contributed by atoms with E-state index in [-0.39, 0.29) is 5.54 Å². The lowest BCUT2D eigenvalue weighted by Crippen LogP contribution is -2.28. The van der Waals surface area contributed by atoms with Crippen molar-refractivity contribution in [3.63, 3.8) is 0 Å². The number of thiophene rings is 1. The van der Waals surface area contributed by atoms with Crippen LogP contribution in [0.2, 0.25) is 0 Å². The molecule has 2 heterocycles. The maximum absolute atomic E-state index is 4.88. The van der Waals surface area contributed by atoms with Gasteiger partial charge in [0, 0.05) is 16.5 Å². The molecule has 0 saturated heterocycles. The zero-order valence-corrected chi connectivity index (χ0v) is 18.1. The zero-order valence-electron chi connectivity index (χ0n) is 17.3. The van der Waals surface area contributed by atoms with Gasteiger partial charge < -0.3 is 10.6 Å². The Morgan fingerprint density at radius 2 is 1.71 bits per heavy atom. The van der Waals surface area contributed by atoms with Gasteiger partial charge in [-0.3, -0.25) is 0 Å². The van der Waals surface area contributed by atoms with E-state index in [1.165, 1.54) is 48.1 Å². The summed E-state index contributed by atoms with van der Waals surface area (Å²) in [5, 5.41) is 7.19. The molecule has 4 nitrogen and oxygen atoms in total. The first-order valence-electron chi connectivity index (χ1n) is 10.3. The van der Waals surface area contributed by atoms with Gasteiger partial charge >= 0.3 is 0 Å². The number of benzene rings is 1. The van der Waals surface area contributed by atoms with Gasteiger partial charge in [-0.25, -0.2) is 4.98 Å². The Hall–Kier alpha value is -2.14. The van der Waals surface area contributed by atoms with Crippen LogP contribution >= 0.6 is 11.3 Å². The number of hydrogen-bond donors (Lipinski definition) is 2. The van der Waals surface area contributed by atoms with Crippen LogP contribution in [0.15, 0.2) is 30.3 Å². The van der Waals surface area contributed by atoms with Crippen molar-refractivity contribution in [2.75, 3.05) is 10.6 Å². The van der Waals surface area contributed by atoms with Gasteiger partial charge in [-0.1, -0.05) is 49.1 Å². The third-order valence-corrected chi connectivity index (χ3v) is 6.32. The molecule has 0 atom stereocenters. The number of aryl methyl sites for hydroxylation is 1. The predicted molar refractivity (Wildman–Crippen MR) is 121 cm³/mol. The van der Waals surface area contributed by atoms with E-state index >= 15 is 0 Å². The summed E-state index contributed by atoms with van der Waals surface area (Å²) in [6.07, 6.45) is 6.41. The molecule has 0 radical (unpaired) electrons. The summed E-state index contributed by atoms with van der Waals surface area (Å²) >= 11 is 1.78. The van der Waals surface area contributed by atoms with Gasteiger partial charge in [-0.15, -0.1) is 11.3 Å². The van der Waals surface area contributed by atoms with Crippen molar-refractivity contribution in [3.05, 3.63) is 35.9 Å². The van der Waals surface area contributed by atoms with Crippen LogP contribution in [0.3, 0.4) is 0 Å². The van der Waals surface area contributed by atoms with Crippen LogP contribution in [-0.2, 0) is 0 Å². The number of hydrogen-bond acceptors (Lipinski definition) is 5. The fourth-order valence-electron chi connectivity index (χ4n) is 3.72. The number of nitrogens with one attached hydrogen (secondary N) is 2. The number of rotatable bonds is 4. The fraction of sp³-hybridized carbons (Fsp3) is 0.478. The van der Waals surface area contributed by atoms with E-state index in [2.05, 4.69) is 68.7 Å². The number of fused-ring (bicyclic) bond motifs is 1. The maximum atomic E-state index is 4.88. The first kappa shape index (κ1) is 19.2. The summed E-state index contributed by atoms with van der Waals surface area (Å²) in [7, 11) is 0. The van der Waals surface area contributed by atoms with E-state index in [0.717, 1.165) is 16.0 Å². The summed E-state index contributed by atoms with van der Waals surface area (Å²) < 4.78 is 1.15. The normalized spacial score (nSPS) is 15.7. The average molecular weight is 395 g/mol. The van der Waals surface area contributed by atoms with E-state index in [1.807, 2.05) is 0 Å². The minimum atomic E-state index is -0.0778. The second-order valence-corrected chi connectivity index (χ2v) is 9.99. The molecule has 2 aromatic heterocycles. The molecule has 148 valence electrons. The molecule has 0 bridgehead atoms. The monoisotopic (exact) mass is 394 g/mol. The number of anilines is 2. The predicted octanol–water partition coefficient (Wildman–Crippen LogP) is 6.62. The van der Waals surface area contributed by atoms with Gasteiger partial charge in [0.2, 0.25) is 5.95 Å². The van der Waals surface area contributed by atoms with Crippen LogP contribution < -0.4 is 10.6 Å². The fourth-order valence-corrected chi connectivity index (χ4v) is 4.77. The van der Waals surface area contributed by atoms with Crippen LogP contribution in [0, 0.1) is 6.92 Å². The average Bonchev–Trinajstić information content (AvgIpc) is 3.06. The standard InChI is InChI=1S/C23H30N4S/c1-15-10-12-16(13-11-15)19-14-18-20(28-19)21(24-17-8-6-5-7-9-17)26-22(25-18)27-23(2,3)4/h10-14,17H,5-9H2,1-4H3,(H2,24,25,26,27). The lowest BCUT2D eigenvalue weighted by Gasteiger charge is -2.25. The summed E-state index contributed by atoms with van der Waals surface area (Å²) in [4.78, 5) is 10.9. The van der Waals surface area contributed by atoms with Gasteiger partial charge in [0.05, 0.1) is 10.2 Å². The van der Waals surface area contributed by atoms with Gasteiger partial charge in [-0.2, -0.15) is 4.98 Å². The largest absolute Gasteiger partial charge is 0.366 e. The molecule has 1 aliphatic rings. The third-order valence-electron chi connectivity index (χ3n) is 5.14. The van der Waals surface area contributed by atoms with Crippen LogP contribution in [-0.4, -0.2) is 21.5 Å². The quantitative estimate of drug-likeness (QED) is 0.522. The Morgan fingerprint density at radius 1 is 1.00 bits per heavy atom. The Labute approximate surface area is 171 Å². The highest BCUT2D eigenvalue weighted by Crippen LogP contribution is 2.38. The molecule has 4 rings (SSSR count). The topological polar surface area (TPSA) is 49.8 Å². The van der Waals surface area contributed by atoms with Crippen LogP contribution in [0.4, 0.5) is 11.8 Å². The van der Waals surface area contributed by atoms with E-state index in [9.17, 15) is 0 Å².